The van der Waals surface area contributed by atoms with Crippen LogP contribution in [0.3, 0.4) is 0 Å². The molecule has 0 saturated carbocycles. The smallest absolute Gasteiger partial charge is 0.342 e. The first-order valence-electron chi connectivity index (χ1n) is 8.67. The van der Waals surface area contributed by atoms with Crippen LogP contribution in [0.25, 0.3) is 22.3 Å². The van der Waals surface area contributed by atoms with Gasteiger partial charge in [0.1, 0.15) is 28.4 Å². The van der Waals surface area contributed by atoms with Gasteiger partial charge in [-0.15, -0.1) is 0 Å². The molecule has 0 spiro atoms. The molecular formula is C21H23NO5. The standard InChI is InChI=1S/C21H23NO5/c1-6-26-21(24)17-16-15(11-12(2)19(23)18(16)22(3)4)27-20(17)13-7-9-14(25-5)10-8-13/h7-11,23H,6H2,1-5H3. The second-order valence-corrected chi connectivity index (χ2v) is 6.41. The van der Waals surface area contributed by atoms with Crippen LogP contribution in [0.15, 0.2) is 34.7 Å². The molecule has 0 fully saturated rings. The van der Waals surface area contributed by atoms with E-state index in [9.17, 15) is 9.90 Å². The number of fused-ring (bicyclic) bond motifs is 1. The minimum Gasteiger partial charge on any atom is -0.505 e. The van der Waals surface area contributed by atoms with Crippen molar-refractivity contribution in [2.75, 3.05) is 32.7 Å². The van der Waals surface area contributed by atoms with Crippen molar-refractivity contribution in [3.63, 3.8) is 0 Å². The lowest BCUT2D eigenvalue weighted by atomic mass is 10.0. The summed E-state index contributed by atoms with van der Waals surface area (Å²) in [6, 6.07) is 8.97. The Morgan fingerprint density at radius 2 is 1.89 bits per heavy atom. The molecule has 0 aliphatic rings. The van der Waals surface area contributed by atoms with Crippen molar-refractivity contribution in [3.8, 4) is 22.8 Å². The molecule has 0 aliphatic heterocycles. The number of aromatic hydroxyl groups is 1. The minimum atomic E-state index is -0.492. The Bertz CT molecular complexity index is 986. The van der Waals surface area contributed by atoms with Gasteiger partial charge in [-0.05, 0) is 49.7 Å². The number of esters is 1. The highest BCUT2D eigenvalue weighted by atomic mass is 16.5. The van der Waals surface area contributed by atoms with Gasteiger partial charge < -0.3 is 23.9 Å². The van der Waals surface area contributed by atoms with Crippen molar-refractivity contribution in [1.82, 2.24) is 0 Å². The number of carbonyl (C=O) groups is 1. The topological polar surface area (TPSA) is 72.1 Å². The average molecular weight is 369 g/mol. The predicted molar refractivity (Wildman–Crippen MR) is 105 cm³/mol. The molecule has 3 rings (SSSR count). The van der Waals surface area contributed by atoms with Crippen molar-refractivity contribution in [1.29, 1.82) is 0 Å². The van der Waals surface area contributed by atoms with Crippen molar-refractivity contribution in [2.24, 2.45) is 0 Å². The predicted octanol–water partition coefficient (Wildman–Crippen LogP) is 4.37. The second-order valence-electron chi connectivity index (χ2n) is 6.41. The zero-order valence-electron chi connectivity index (χ0n) is 16.1. The Labute approximate surface area is 157 Å². The summed E-state index contributed by atoms with van der Waals surface area (Å²) in [6.07, 6.45) is 0. The number of phenolic OH excluding ortho intramolecular Hbond substituents is 1. The van der Waals surface area contributed by atoms with Crippen molar-refractivity contribution < 1.29 is 23.8 Å². The molecule has 1 aromatic heterocycles. The molecule has 2 aromatic carbocycles. The SMILES string of the molecule is CCOC(=O)c1c(-c2ccc(OC)cc2)oc2cc(C)c(O)c(N(C)C)c12. The zero-order valence-corrected chi connectivity index (χ0v) is 16.1. The Hall–Kier alpha value is -3.15. The van der Waals surface area contributed by atoms with Crippen LogP contribution < -0.4 is 9.64 Å². The Balaban J connectivity index is 2.37. The fraction of sp³-hybridized carbons (Fsp3) is 0.286. The molecular weight excluding hydrogens is 346 g/mol. The number of hydrogen-bond acceptors (Lipinski definition) is 6. The maximum atomic E-state index is 12.8. The lowest BCUT2D eigenvalue weighted by Crippen LogP contribution is -2.12. The average Bonchev–Trinajstić information content (AvgIpc) is 3.01. The fourth-order valence-electron chi connectivity index (χ4n) is 3.13. The first-order valence-corrected chi connectivity index (χ1v) is 8.67. The number of ether oxygens (including phenoxy) is 2. The number of hydrogen-bond donors (Lipinski definition) is 1. The first-order chi connectivity index (χ1) is 12.9. The zero-order chi connectivity index (χ0) is 19.7. The number of rotatable bonds is 5. The number of anilines is 1. The van der Waals surface area contributed by atoms with Crippen molar-refractivity contribution in [2.45, 2.75) is 13.8 Å². The number of aryl methyl sites for hydroxylation is 1. The third kappa shape index (κ3) is 3.18. The van der Waals surface area contributed by atoms with Crippen molar-refractivity contribution in [3.05, 3.63) is 41.5 Å². The summed E-state index contributed by atoms with van der Waals surface area (Å²) in [7, 11) is 5.21. The van der Waals surface area contributed by atoms with Gasteiger partial charge in [0.2, 0.25) is 0 Å². The van der Waals surface area contributed by atoms with Gasteiger partial charge in [0.25, 0.3) is 0 Å². The molecule has 6 nitrogen and oxygen atoms in total. The normalized spacial score (nSPS) is 10.9. The molecule has 0 atom stereocenters. The maximum Gasteiger partial charge on any atom is 0.342 e. The summed E-state index contributed by atoms with van der Waals surface area (Å²) in [5.41, 5.74) is 2.73. The lowest BCUT2D eigenvalue weighted by Gasteiger charge is -2.17. The highest BCUT2D eigenvalue weighted by molar-refractivity contribution is 6.14. The van der Waals surface area contributed by atoms with Gasteiger partial charge >= 0.3 is 5.97 Å². The van der Waals surface area contributed by atoms with E-state index in [0.29, 0.717) is 39.3 Å². The van der Waals surface area contributed by atoms with Crippen LogP contribution in [0.1, 0.15) is 22.8 Å². The number of methoxy groups -OCH3 is 1. The van der Waals surface area contributed by atoms with Gasteiger partial charge in [0.15, 0.2) is 0 Å². The number of furan rings is 1. The molecule has 0 unspecified atom stereocenters. The van der Waals surface area contributed by atoms with Crippen LogP contribution in [0, 0.1) is 6.92 Å². The van der Waals surface area contributed by atoms with E-state index in [2.05, 4.69) is 0 Å². The van der Waals surface area contributed by atoms with Crippen molar-refractivity contribution >= 4 is 22.6 Å². The van der Waals surface area contributed by atoms with Gasteiger partial charge in [-0.1, -0.05) is 0 Å². The lowest BCUT2D eigenvalue weighted by molar-refractivity contribution is 0.0529. The summed E-state index contributed by atoms with van der Waals surface area (Å²) in [6.45, 7) is 3.78. The molecule has 6 heteroatoms. The van der Waals surface area contributed by atoms with Crippen LogP contribution in [0.2, 0.25) is 0 Å². The number of nitrogens with zero attached hydrogens (tertiary/aromatic N) is 1. The quantitative estimate of drug-likeness (QED) is 0.674. The van der Waals surface area contributed by atoms with Gasteiger partial charge in [-0.25, -0.2) is 4.79 Å². The minimum absolute atomic E-state index is 0.111. The van der Waals surface area contributed by atoms with E-state index in [1.165, 1.54) is 0 Å². The number of phenols is 1. The molecule has 3 aromatic rings. The van der Waals surface area contributed by atoms with E-state index >= 15 is 0 Å². The highest BCUT2D eigenvalue weighted by Crippen LogP contribution is 2.44. The van der Waals surface area contributed by atoms with Gasteiger partial charge in [-0.2, -0.15) is 0 Å². The first kappa shape index (κ1) is 18.6. The molecule has 1 heterocycles. The second kappa shape index (κ2) is 7.23. The molecule has 0 aliphatic carbocycles. The van der Waals surface area contributed by atoms with E-state index in [1.807, 2.05) is 26.2 Å². The third-order valence-electron chi connectivity index (χ3n) is 4.40. The van der Waals surface area contributed by atoms with Gasteiger partial charge in [0.05, 0.1) is 24.8 Å². The molecule has 0 saturated heterocycles. The Morgan fingerprint density at radius 1 is 1.22 bits per heavy atom. The molecule has 0 radical (unpaired) electrons. The van der Waals surface area contributed by atoms with Crippen LogP contribution >= 0.6 is 0 Å². The summed E-state index contributed by atoms with van der Waals surface area (Å²) in [5.74, 6) is 0.725. The van der Waals surface area contributed by atoms with E-state index in [0.717, 1.165) is 5.56 Å². The van der Waals surface area contributed by atoms with Crippen LogP contribution in [-0.2, 0) is 4.74 Å². The molecule has 27 heavy (non-hydrogen) atoms. The largest absolute Gasteiger partial charge is 0.505 e. The monoisotopic (exact) mass is 369 g/mol. The van der Waals surface area contributed by atoms with Gasteiger partial charge in [0, 0.05) is 19.7 Å². The number of carbonyl (C=O) groups excluding carboxylic acids is 1. The molecule has 0 bridgehead atoms. The number of benzene rings is 2. The van der Waals surface area contributed by atoms with E-state index < -0.39 is 5.97 Å². The fourth-order valence-corrected chi connectivity index (χ4v) is 3.13. The van der Waals surface area contributed by atoms with Gasteiger partial charge in [-0.3, -0.25) is 0 Å². The summed E-state index contributed by atoms with van der Waals surface area (Å²) >= 11 is 0. The van der Waals surface area contributed by atoms with E-state index in [1.54, 1.807) is 44.1 Å². The highest BCUT2D eigenvalue weighted by Gasteiger charge is 2.28. The van der Waals surface area contributed by atoms with E-state index in [4.69, 9.17) is 13.9 Å². The van der Waals surface area contributed by atoms with E-state index in [-0.39, 0.29) is 12.4 Å². The van der Waals surface area contributed by atoms with Crippen LogP contribution in [0.5, 0.6) is 11.5 Å². The molecule has 0 amide bonds. The Kier molecular flexibility index (Phi) is 4.99. The van der Waals surface area contributed by atoms with Crippen LogP contribution in [-0.4, -0.2) is 38.9 Å². The molecule has 1 N–H and O–H groups in total. The molecule has 142 valence electrons. The van der Waals surface area contributed by atoms with Crippen LogP contribution in [0.4, 0.5) is 5.69 Å². The summed E-state index contributed by atoms with van der Waals surface area (Å²) in [4.78, 5) is 14.6. The summed E-state index contributed by atoms with van der Waals surface area (Å²) in [5, 5.41) is 11.1. The Morgan fingerprint density at radius 3 is 2.44 bits per heavy atom. The summed E-state index contributed by atoms with van der Waals surface area (Å²) < 4.78 is 16.6. The third-order valence-corrected chi connectivity index (χ3v) is 4.40. The maximum absolute atomic E-state index is 12.8.